The average Bonchev–Trinajstić information content (AvgIpc) is 3.29. The van der Waals surface area contributed by atoms with Crippen LogP contribution in [0.2, 0.25) is 0 Å². The number of anilines is 1. The van der Waals surface area contributed by atoms with Gasteiger partial charge in [0.25, 0.3) is 0 Å². The molecule has 1 saturated heterocycles. The zero-order valence-electron chi connectivity index (χ0n) is 18.1. The maximum absolute atomic E-state index is 12.7. The van der Waals surface area contributed by atoms with Gasteiger partial charge in [-0.05, 0) is 61.9 Å². The zero-order valence-corrected chi connectivity index (χ0v) is 22.1. The maximum atomic E-state index is 12.7. The van der Waals surface area contributed by atoms with Crippen LogP contribution < -0.4 is 4.90 Å². The van der Waals surface area contributed by atoms with Crippen molar-refractivity contribution in [2.45, 2.75) is 38.5 Å². The highest BCUT2D eigenvalue weighted by Crippen LogP contribution is 2.37. The van der Waals surface area contributed by atoms with Crippen molar-refractivity contribution in [1.82, 2.24) is 24.1 Å². The van der Waals surface area contributed by atoms with Gasteiger partial charge in [0.15, 0.2) is 15.7 Å². The van der Waals surface area contributed by atoms with Crippen molar-refractivity contribution in [3.8, 4) is 11.5 Å². The number of aromatic nitrogens is 5. The highest BCUT2D eigenvalue weighted by molar-refractivity contribution is 14.2. The average molecular weight is 576 g/mol. The van der Waals surface area contributed by atoms with E-state index in [1.54, 1.807) is 24.6 Å². The topological polar surface area (TPSA) is 94.6 Å². The molecule has 0 radical (unpaired) electrons. The molecule has 12 heteroatoms. The number of halogens is 1. The molecule has 4 heterocycles. The van der Waals surface area contributed by atoms with Crippen molar-refractivity contribution >= 4 is 49.6 Å². The van der Waals surface area contributed by atoms with Crippen molar-refractivity contribution in [1.29, 1.82) is 0 Å². The van der Waals surface area contributed by atoms with Gasteiger partial charge in [-0.2, -0.15) is 5.10 Å². The van der Waals surface area contributed by atoms with Crippen LogP contribution in [0.15, 0.2) is 18.3 Å². The van der Waals surface area contributed by atoms with E-state index < -0.39 is 14.6 Å². The fourth-order valence-electron chi connectivity index (χ4n) is 3.75. The van der Waals surface area contributed by atoms with E-state index in [9.17, 15) is 8.42 Å². The summed E-state index contributed by atoms with van der Waals surface area (Å²) in [5, 5.41) is 9.46. The molecule has 0 N–H and O–H groups in total. The minimum absolute atomic E-state index is 0.128. The first-order valence-electron chi connectivity index (χ1n) is 9.91. The number of aryl methyl sites for hydroxylation is 1. The normalized spacial score (nSPS) is 18.5. The van der Waals surface area contributed by atoms with Crippen molar-refractivity contribution in [3.63, 3.8) is 0 Å². The predicted molar refractivity (Wildman–Crippen MR) is 132 cm³/mol. The molecule has 0 spiro atoms. The van der Waals surface area contributed by atoms with Gasteiger partial charge >= 0.3 is 0 Å². The Morgan fingerprint density at radius 2 is 2.03 bits per heavy atom. The molecule has 168 valence electrons. The fraction of sp³-hybridized carbons (Fsp3) is 0.526. The smallest absolute Gasteiger partial charge is 0.180 e. The molecule has 9 nitrogen and oxygen atoms in total. The molecule has 3 aromatic heterocycles. The second-order valence-corrected chi connectivity index (χ2v) is 13.0. The summed E-state index contributed by atoms with van der Waals surface area (Å²) in [6, 6.07) is 4.00. The first kappa shape index (κ1) is 22.9. The Morgan fingerprint density at radius 1 is 1.29 bits per heavy atom. The van der Waals surface area contributed by atoms with Crippen molar-refractivity contribution < 1.29 is 13.2 Å². The number of ether oxygens (including phenoxy) is 1. The van der Waals surface area contributed by atoms with Crippen LogP contribution >= 0.6 is 28.4 Å². The van der Waals surface area contributed by atoms with Gasteiger partial charge in [0.05, 0.1) is 47.8 Å². The molecule has 3 aromatic rings. The lowest BCUT2D eigenvalue weighted by molar-refractivity contribution is 0.0984. The van der Waals surface area contributed by atoms with Gasteiger partial charge in [-0.15, -0.1) is 5.10 Å². The molecule has 0 bridgehead atoms. The third-order valence-corrected chi connectivity index (χ3v) is 9.81. The van der Waals surface area contributed by atoms with Crippen LogP contribution in [0.3, 0.4) is 0 Å². The van der Waals surface area contributed by atoms with Crippen LogP contribution in [0, 0.1) is 6.92 Å². The molecular weight excluding hydrogens is 550 g/mol. The van der Waals surface area contributed by atoms with Crippen molar-refractivity contribution in [2.75, 3.05) is 30.9 Å². The first-order valence-corrected chi connectivity index (χ1v) is 15.9. The number of nitrogens with zero attached hydrogens (tertiary/aromatic N) is 6. The lowest BCUT2D eigenvalue weighted by Crippen LogP contribution is -2.44. The molecule has 0 aliphatic carbocycles. The number of hydrogen-bond acceptors (Lipinski definition) is 7. The van der Waals surface area contributed by atoms with Gasteiger partial charge in [-0.25, -0.2) is 22.4 Å². The van der Waals surface area contributed by atoms with Crippen molar-refractivity contribution in [3.05, 3.63) is 29.6 Å². The molecule has 0 aromatic carbocycles. The summed E-state index contributed by atoms with van der Waals surface area (Å²) in [5.74, 6) is 1.36. The molecular formula is C19H26IN6O3PS. The largest absolute Gasteiger partial charge is 0.377 e. The number of imidazole rings is 1. The first-order chi connectivity index (χ1) is 14.5. The van der Waals surface area contributed by atoms with Gasteiger partial charge in [0.1, 0.15) is 11.5 Å². The number of sulfone groups is 1. The lowest BCUT2D eigenvalue weighted by atomic mass is 10.0. The zero-order chi connectivity index (χ0) is 22.6. The maximum Gasteiger partial charge on any atom is 0.180 e. The van der Waals surface area contributed by atoms with Crippen LogP contribution in [0.5, 0.6) is 0 Å². The summed E-state index contributed by atoms with van der Waals surface area (Å²) in [5.41, 5.74) is 3.10. The lowest BCUT2D eigenvalue weighted by Gasteiger charge is -2.35. The molecule has 1 unspecified atom stereocenters. The summed E-state index contributed by atoms with van der Waals surface area (Å²) in [7, 11) is -3.40. The summed E-state index contributed by atoms with van der Waals surface area (Å²) < 4.78 is 33.6. The van der Waals surface area contributed by atoms with E-state index in [4.69, 9.17) is 9.84 Å². The molecule has 1 aliphatic heterocycles. The fourth-order valence-corrected chi connectivity index (χ4v) is 5.87. The molecule has 1 fully saturated rings. The van der Waals surface area contributed by atoms with E-state index in [0.717, 1.165) is 11.4 Å². The Kier molecular flexibility index (Phi) is 6.08. The van der Waals surface area contributed by atoms with Gasteiger partial charge in [-0.3, -0.25) is 0 Å². The van der Waals surface area contributed by atoms with E-state index in [1.165, 1.54) is 6.26 Å². The highest BCUT2D eigenvalue weighted by Gasteiger charge is 2.36. The van der Waals surface area contributed by atoms with Gasteiger partial charge in [0.2, 0.25) is 0 Å². The Hall–Kier alpha value is -1.30. The third-order valence-electron chi connectivity index (χ3n) is 5.87. The van der Waals surface area contributed by atoms with Gasteiger partial charge in [0, 0.05) is 18.4 Å². The SMILES string of the molecule is Cc1cc(-c2ncc3c(C(C)(C)S(C)(=O)=O)cc(N4CCOC[C@H]4C)nn23)n(PI)n1. The van der Waals surface area contributed by atoms with E-state index in [1.807, 2.05) is 23.5 Å². The van der Waals surface area contributed by atoms with Crippen LogP contribution in [-0.2, 0) is 19.3 Å². The second-order valence-electron chi connectivity index (χ2n) is 8.36. The molecule has 4 rings (SSSR count). The molecule has 0 saturated carbocycles. The predicted octanol–water partition coefficient (Wildman–Crippen LogP) is 3.20. The standard InChI is InChI=1S/C19H26IN6O3PS/c1-12-8-15(26(22-12)30-20)18-21-10-16-14(19(3,4)31(5,27)28)9-17(23-25(16)18)24-6-7-29-11-13(24)2/h8-10,13,30H,6-7,11H2,1-5H3/t13-/m1/s1. The number of rotatable bonds is 5. The minimum atomic E-state index is -3.40. The van der Waals surface area contributed by atoms with E-state index in [0.29, 0.717) is 48.9 Å². The van der Waals surface area contributed by atoms with Crippen LogP contribution in [0.4, 0.5) is 5.82 Å². The highest BCUT2D eigenvalue weighted by atomic mass is 127. The Balaban J connectivity index is 2.02. The van der Waals surface area contributed by atoms with Gasteiger partial charge in [-0.1, -0.05) is 0 Å². The second kappa shape index (κ2) is 8.24. The van der Waals surface area contributed by atoms with E-state index in [2.05, 4.69) is 43.9 Å². The Labute approximate surface area is 196 Å². The minimum Gasteiger partial charge on any atom is -0.377 e. The molecule has 1 aliphatic rings. The summed E-state index contributed by atoms with van der Waals surface area (Å²) in [6.45, 7) is 9.39. The van der Waals surface area contributed by atoms with Crippen molar-refractivity contribution in [2.24, 2.45) is 0 Å². The van der Waals surface area contributed by atoms with Crippen LogP contribution in [-0.4, -0.2) is 64.6 Å². The molecule has 2 atom stereocenters. The third kappa shape index (κ3) is 3.98. The Bertz CT molecular complexity index is 1240. The number of hydrogen-bond donors (Lipinski definition) is 0. The van der Waals surface area contributed by atoms with Crippen LogP contribution in [0.25, 0.3) is 17.0 Å². The van der Waals surface area contributed by atoms with Crippen LogP contribution in [0.1, 0.15) is 32.0 Å². The summed E-state index contributed by atoms with van der Waals surface area (Å²) in [4.78, 5) is 6.82. The van der Waals surface area contributed by atoms with E-state index >= 15 is 0 Å². The summed E-state index contributed by atoms with van der Waals surface area (Å²) in [6.07, 6.45) is 3.39. The molecule has 0 amide bonds. The molecule has 31 heavy (non-hydrogen) atoms. The number of morpholine rings is 1. The monoisotopic (exact) mass is 576 g/mol. The quantitative estimate of drug-likeness (QED) is 0.340. The number of fused-ring (bicyclic) bond motifs is 1. The van der Waals surface area contributed by atoms with E-state index in [-0.39, 0.29) is 6.04 Å². The van der Waals surface area contributed by atoms with Gasteiger partial charge < -0.3 is 9.64 Å². The summed E-state index contributed by atoms with van der Waals surface area (Å²) >= 11 is 2.28. The Morgan fingerprint density at radius 3 is 2.68 bits per heavy atom.